The van der Waals surface area contributed by atoms with Gasteiger partial charge in [0.15, 0.2) is 0 Å². The van der Waals surface area contributed by atoms with Crippen molar-refractivity contribution in [1.82, 2.24) is 5.32 Å². The van der Waals surface area contributed by atoms with Crippen molar-refractivity contribution in [3.05, 3.63) is 0 Å². The predicted octanol–water partition coefficient (Wildman–Crippen LogP) is 0.882. The van der Waals surface area contributed by atoms with Crippen LogP contribution in [0.15, 0.2) is 0 Å². The molecule has 12 heavy (non-hydrogen) atoms. The van der Waals surface area contributed by atoms with Crippen LogP contribution in [-0.4, -0.2) is 22.9 Å². The number of hydrogen-bond donors (Lipinski definition) is 5. The first-order chi connectivity index (χ1) is 5.73. The lowest BCUT2D eigenvalue weighted by atomic mass is 10.2. The molecule has 3 N–H and O–H groups in total. The summed E-state index contributed by atoms with van der Waals surface area (Å²) in [4.78, 5) is 14.3. The Balaban J connectivity index is 0. The highest BCUT2D eigenvalue weighted by atomic mass is 33.1. The molecule has 4 nitrogen and oxygen atoms in total. The summed E-state index contributed by atoms with van der Waals surface area (Å²) in [7, 11) is -3.13. The van der Waals surface area contributed by atoms with E-state index in [1.54, 1.807) is 0 Å². The zero-order valence-electron chi connectivity index (χ0n) is 6.73. The molecule has 1 heterocycles. The van der Waals surface area contributed by atoms with Gasteiger partial charge in [-0.3, -0.25) is 4.57 Å². The van der Waals surface area contributed by atoms with Crippen molar-refractivity contribution in [2.24, 2.45) is 0 Å². The van der Waals surface area contributed by atoms with Gasteiger partial charge in [0.1, 0.15) is 0 Å². The summed E-state index contributed by atoms with van der Waals surface area (Å²) in [5.41, 5.74) is 0. The number of nitrogens with one attached hydrogen (secondary N) is 1. The standard InChI is InChI=1S/C5H11N.H3O3P.H2S2/c1-2-4-6-5-3-1;1-4(2)3;1-2/h6H,1-5H2;4H,(H2,1,2,3);1-2H. The fourth-order valence-electron chi connectivity index (χ4n) is 0.802. The zero-order chi connectivity index (χ0) is 9.82. The van der Waals surface area contributed by atoms with E-state index in [1.807, 2.05) is 0 Å². The minimum atomic E-state index is -3.13. The highest BCUT2D eigenvalue weighted by Gasteiger charge is 1.93. The molecule has 0 amide bonds. The van der Waals surface area contributed by atoms with E-state index in [-0.39, 0.29) is 0 Å². The Labute approximate surface area is 83.9 Å². The van der Waals surface area contributed by atoms with Crippen LogP contribution in [0.5, 0.6) is 0 Å². The normalized spacial score (nSPS) is 15.4. The highest BCUT2D eigenvalue weighted by Crippen LogP contribution is 1.98. The topological polar surface area (TPSA) is 69.6 Å². The van der Waals surface area contributed by atoms with Gasteiger partial charge in [-0.05, 0) is 25.9 Å². The number of piperidine rings is 1. The number of thiol groups is 2. The van der Waals surface area contributed by atoms with Gasteiger partial charge < -0.3 is 15.1 Å². The van der Waals surface area contributed by atoms with Crippen molar-refractivity contribution in [3.63, 3.8) is 0 Å². The van der Waals surface area contributed by atoms with Crippen LogP contribution < -0.4 is 5.32 Å². The summed E-state index contributed by atoms with van der Waals surface area (Å²) in [5.74, 6) is 0. The lowest BCUT2D eigenvalue weighted by Crippen LogP contribution is -2.21. The smallest absolute Gasteiger partial charge is 0.314 e. The summed E-state index contributed by atoms with van der Waals surface area (Å²) in [6, 6.07) is 0. The highest BCUT2D eigenvalue weighted by molar-refractivity contribution is 8.59. The van der Waals surface area contributed by atoms with Gasteiger partial charge in [0.2, 0.25) is 0 Å². The van der Waals surface area contributed by atoms with Gasteiger partial charge in [-0.15, -0.1) is 23.3 Å². The quantitative estimate of drug-likeness (QED) is 0.245. The van der Waals surface area contributed by atoms with E-state index >= 15 is 0 Å². The first-order valence-corrected chi connectivity index (χ1v) is 6.46. The molecule has 7 heteroatoms. The van der Waals surface area contributed by atoms with E-state index in [4.69, 9.17) is 14.4 Å². The van der Waals surface area contributed by atoms with Crippen LogP contribution in [0.3, 0.4) is 0 Å². The molecule has 0 aromatic carbocycles. The van der Waals surface area contributed by atoms with Crippen molar-refractivity contribution in [2.75, 3.05) is 13.1 Å². The van der Waals surface area contributed by atoms with Crippen molar-refractivity contribution in [2.45, 2.75) is 19.3 Å². The average Bonchev–Trinajstić information content (AvgIpc) is 2.10. The molecule has 0 bridgehead atoms. The maximum atomic E-state index is 8.74. The van der Waals surface area contributed by atoms with E-state index in [2.05, 4.69) is 28.6 Å². The molecular formula is C5H16NO3PS2. The Hall–Kier alpha value is 0.810. The van der Waals surface area contributed by atoms with E-state index in [0.29, 0.717) is 0 Å². The third-order valence-electron chi connectivity index (χ3n) is 1.21. The number of hydrogen-bond acceptors (Lipinski definition) is 4. The molecule has 0 aromatic rings. The monoisotopic (exact) mass is 233 g/mol. The molecule has 0 unspecified atom stereocenters. The Morgan fingerprint density at radius 2 is 1.42 bits per heavy atom. The Morgan fingerprint density at radius 1 is 1.08 bits per heavy atom. The molecular weight excluding hydrogens is 217 g/mol. The molecule has 1 fully saturated rings. The van der Waals surface area contributed by atoms with E-state index in [1.165, 1.54) is 32.4 Å². The summed E-state index contributed by atoms with van der Waals surface area (Å²) in [5, 5.41) is 3.28. The van der Waals surface area contributed by atoms with Gasteiger partial charge >= 0.3 is 8.25 Å². The lowest BCUT2D eigenvalue weighted by Gasteiger charge is -2.08. The zero-order valence-corrected chi connectivity index (χ0v) is 9.52. The van der Waals surface area contributed by atoms with E-state index in [0.717, 1.165) is 0 Å². The summed E-state index contributed by atoms with van der Waals surface area (Å²) >= 11 is 6.44. The van der Waals surface area contributed by atoms with Crippen molar-refractivity contribution >= 4 is 31.6 Å². The minimum Gasteiger partial charge on any atom is -0.326 e. The van der Waals surface area contributed by atoms with Crippen LogP contribution in [0, 0.1) is 0 Å². The third-order valence-corrected chi connectivity index (χ3v) is 1.21. The van der Waals surface area contributed by atoms with Gasteiger partial charge in [0.05, 0.1) is 0 Å². The molecule has 0 radical (unpaired) electrons. The molecule has 0 aliphatic carbocycles. The molecule has 0 spiro atoms. The Kier molecular flexibility index (Phi) is 18.3. The van der Waals surface area contributed by atoms with Crippen LogP contribution >= 0.6 is 31.6 Å². The second kappa shape index (κ2) is 14.3. The third kappa shape index (κ3) is 22.4. The minimum absolute atomic E-state index is 1.25. The molecule has 0 aromatic heterocycles. The van der Waals surface area contributed by atoms with Gasteiger partial charge in [-0.1, -0.05) is 6.42 Å². The second-order valence-electron chi connectivity index (χ2n) is 2.09. The van der Waals surface area contributed by atoms with Crippen molar-refractivity contribution in [1.29, 1.82) is 0 Å². The van der Waals surface area contributed by atoms with Crippen LogP contribution in [0.2, 0.25) is 0 Å². The first kappa shape index (κ1) is 15.3. The molecule has 1 saturated heterocycles. The van der Waals surface area contributed by atoms with Crippen LogP contribution in [0.4, 0.5) is 0 Å². The predicted molar refractivity (Wildman–Crippen MR) is 58.1 cm³/mol. The maximum absolute atomic E-state index is 8.74. The average molecular weight is 233 g/mol. The van der Waals surface area contributed by atoms with Crippen molar-refractivity contribution < 1.29 is 14.4 Å². The molecule has 1 aliphatic heterocycles. The first-order valence-electron chi connectivity index (χ1n) is 3.56. The largest absolute Gasteiger partial charge is 0.326 e. The van der Waals surface area contributed by atoms with Crippen molar-refractivity contribution in [3.8, 4) is 0 Å². The van der Waals surface area contributed by atoms with Gasteiger partial charge in [0.25, 0.3) is 0 Å². The van der Waals surface area contributed by atoms with Gasteiger partial charge in [0, 0.05) is 0 Å². The summed E-state index contributed by atoms with van der Waals surface area (Å²) in [6.07, 6.45) is 4.22. The summed E-state index contributed by atoms with van der Waals surface area (Å²) in [6.45, 7) is 2.50. The summed E-state index contributed by atoms with van der Waals surface area (Å²) < 4.78 is 8.74. The lowest BCUT2D eigenvalue weighted by molar-refractivity contribution is 0.405. The van der Waals surface area contributed by atoms with E-state index < -0.39 is 8.25 Å². The second-order valence-corrected chi connectivity index (χ2v) is 2.66. The molecule has 1 aliphatic rings. The number of rotatable bonds is 0. The SMILES string of the molecule is C1CCNCC1.O=[PH](O)O.SS. The maximum Gasteiger partial charge on any atom is 0.314 e. The molecule has 0 atom stereocenters. The van der Waals surface area contributed by atoms with Crippen LogP contribution in [0.1, 0.15) is 19.3 Å². The fourth-order valence-corrected chi connectivity index (χ4v) is 0.802. The Bertz CT molecular complexity index is 87.2. The van der Waals surface area contributed by atoms with Gasteiger partial charge in [-0.25, -0.2) is 0 Å². The van der Waals surface area contributed by atoms with Crippen LogP contribution in [0.25, 0.3) is 0 Å². The van der Waals surface area contributed by atoms with E-state index in [9.17, 15) is 0 Å². The molecule has 0 saturated carbocycles. The van der Waals surface area contributed by atoms with Crippen LogP contribution in [-0.2, 0) is 4.57 Å². The fraction of sp³-hybridized carbons (Fsp3) is 1.00. The molecule has 76 valence electrons. The molecule has 1 rings (SSSR count). The Morgan fingerprint density at radius 3 is 1.50 bits per heavy atom. The van der Waals surface area contributed by atoms with Gasteiger partial charge in [-0.2, -0.15) is 0 Å².